The highest BCUT2D eigenvalue weighted by Gasteiger charge is 2.22. The zero-order valence-electron chi connectivity index (χ0n) is 16.3. The van der Waals surface area contributed by atoms with Gasteiger partial charge in [-0.25, -0.2) is 4.79 Å². The van der Waals surface area contributed by atoms with Gasteiger partial charge in [-0.15, -0.1) is 0 Å². The number of carboxylic acids is 1. The molecular weight excluding hydrogens is 356 g/mol. The molecular formula is C23H22O5. The fourth-order valence-electron chi connectivity index (χ4n) is 3.49. The van der Waals surface area contributed by atoms with E-state index in [1.165, 1.54) is 6.08 Å². The standard InChI is InChI=1S/C23H22O5/c1-14-21(19(13-20(24)25)15-9-11-16(26-2)12-10-15)23(28-4)18-8-6-5-7-17(18)22(14)27-3/h5-13H,1-4H3,(H,24,25). The van der Waals surface area contributed by atoms with Crippen molar-refractivity contribution in [3.63, 3.8) is 0 Å². The zero-order chi connectivity index (χ0) is 20.3. The highest BCUT2D eigenvalue weighted by Crippen LogP contribution is 2.45. The summed E-state index contributed by atoms with van der Waals surface area (Å²) in [6.07, 6.45) is 1.20. The summed E-state index contributed by atoms with van der Waals surface area (Å²) in [5, 5.41) is 11.3. The van der Waals surface area contributed by atoms with Crippen molar-refractivity contribution in [2.75, 3.05) is 21.3 Å². The van der Waals surface area contributed by atoms with Gasteiger partial charge in [-0.05, 0) is 24.6 Å². The second-order valence-electron chi connectivity index (χ2n) is 6.24. The summed E-state index contributed by atoms with van der Waals surface area (Å²) in [6, 6.07) is 15.0. The van der Waals surface area contributed by atoms with Gasteiger partial charge < -0.3 is 19.3 Å². The lowest BCUT2D eigenvalue weighted by Crippen LogP contribution is -2.03. The molecule has 3 aromatic carbocycles. The number of hydrogen-bond donors (Lipinski definition) is 1. The molecule has 0 radical (unpaired) electrons. The molecule has 0 saturated heterocycles. The molecule has 0 saturated carbocycles. The van der Waals surface area contributed by atoms with Crippen LogP contribution in [0.3, 0.4) is 0 Å². The van der Waals surface area contributed by atoms with Crippen molar-refractivity contribution in [1.82, 2.24) is 0 Å². The number of hydrogen-bond acceptors (Lipinski definition) is 4. The van der Waals surface area contributed by atoms with Gasteiger partial charge in [0.05, 0.1) is 21.3 Å². The summed E-state index contributed by atoms with van der Waals surface area (Å²) in [4.78, 5) is 11.6. The van der Waals surface area contributed by atoms with Crippen LogP contribution in [0.4, 0.5) is 0 Å². The van der Waals surface area contributed by atoms with E-state index in [1.807, 2.05) is 43.3 Å². The number of rotatable bonds is 6. The summed E-state index contributed by atoms with van der Waals surface area (Å²) < 4.78 is 16.6. The molecule has 0 atom stereocenters. The summed E-state index contributed by atoms with van der Waals surface area (Å²) >= 11 is 0. The van der Waals surface area contributed by atoms with Crippen molar-refractivity contribution in [3.05, 3.63) is 71.3 Å². The first-order valence-corrected chi connectivity index (χ1v) is 8.74. The predicted octanol–water partition coefficient (Wildman–Crippen LogP) is 4.69. The van der Waals surface area contributed by atoms with E-state index in [0.717, 1.165) is 21.9 Å². The Morgan fingerprint density at radius 1 is 0.857 bits per heavy atom. The van der Waals surface area contributed by atoms with Crippen molar-refractivity contribution >= 4 is 22.3 Å². The number of aliphatic carboxylic acids is 1. The topological polar surface area (TPSA) is 65.0 Å². The molecule has 28 heavy (non-hydrogen) atoms. The molecule has 3 rings (SSSR count). The van der Waals surface area contributed by atoms with Gasteiger partial charge in [-0.1, -0.05) is 36.4 Å². The number of carbonyl (C=O) groups is 1. The third kappa shape index (κ3) is 3.39. The van der Waals surface area contributed by atoms with Gasteiger partial charge in [0.25, 0.3) is 0 Å². The molecule has 0 heterocycles. The Balaban J connectivity index is 2.39. The summed E-state index contributed by atoms with van der Waals surface area (Å²) in [5.41, 5.74) is 2.77. The Hall–Kier alpha value is -3.47. The summed E-state index contributed by atoms with van der Waals surface area (Å²) in [7, 11) is 4.78. The SMILES string of the molecule is COc1ccc(C(=CC(=O)O)c2c(C)c(OC)c3ccccc3c2OC)cc1. The molecule has 0 aliphatic carbocycles. The molecule has 0 unspecified atom stereocenters. The van der Waals surface area contributed by atoms with E-state index >= 15 is 0 Å². The minimum absolute atomic E-state index is 0.536. The van der Waals surface area contributed by atoms with Crippen molar-refractivity contribution in [2.45, 2.75) is 6.92 Å². The van der Waals surface area contributed by atoms with Crippen LogP contribution in [-0.4, -0.2) is 32.4 Å². The fourth-order valence-corrected chi connectivity index (χ4v) is 3.49. The van der Waals surface area contributed by atoms with E-state index < -0.39 is 5.97 Å². The van der Waals surface area contributed by atoms with Crippen LogP contribution in [0.5, 0.6) is 17.2 Å². The van der Waals surface area contributed by atoms with Gasteiger partial charge in [0.2, 0.25) is 0 Å². The molecule has 5 nitrogen and oxygen atoms in total. The average Bonchev–Trinajstić information content (AvgIpc) is 2.71. The van der Waals surface area contributed by atoms with E-state index in [2.05, 4.69) is 0 Å². The predicted molar refractivity (Wildman–Crippen MR) is 109 cm³/mol. The average molecular weight is 378 g/mol. The minimum Gasteiger partial charge on any atom is -0.497 e. The molecule has 144 valence electrons. The molecule has 1 N–H and O–H groups in total. The third-order valence-corrected chi connectivity index (χ3v) is 4.71. The quantitative estimate of drug-likeness (QED) is 0.631. The van der Waals surface area contributed by atoms with E-state index in [9.17, 15) is 9.90 Å². The Morgan fingerprint density at radius 2 is 1.43 bits per heavy atom. The fraction of sp³-hybridized carbons (Fsp3) is 0.174. The Bertz CT molecular complexity index is 1050. The number of methoxy groups -OCH3 is 3. The maximum Gasteiger partial charge on any atom is 0.328 e. The van der Waals surface area contributed by atoms with E-state index in [1.54, 1.807) is 33.5 Å². The Morgan fingerprint density at radius 3 is 1.93 bits per heavy atom. The molecule has 3 aromatic rings. The van der Waals surface area contributed by atoms with Crippen LogP contribution in [0, 0.1) is 6.92 Å². The highest BCUT2D eigenvalue weighted by atomic mass is 16.5. The van der Waals surface area contributed by atoms with Crippen LogP contribution in [0.25, 0.3) is 16.3 Å². The van der Waals surface area contributed by atoms with Gasteiger partial charge in [0, 0.05) is 33.5 Å². The lowest BCUT2D eigenvalue weighted by atomic mass is 9.89. The van der Waals surface area contributed by atoms with Crippen molar-refractivity contribution in [2.24, 2.45) is 0 Å². The van der Waals surface area contributed by atoms with Crippen LogP contribution in [0.2, 0.25) is 0 Å². The van der Waals surface area contributed by atoms with Crippen molar-refractivity contribution in [3.8, 4) is 17.2 Å². The van der Waals surface area contributed by atoms with Crippen LogP contribution < -0.4 is 14.2 Å². The molecule has 0 aliphatic rings. The normalized spacial score (nSPS) is 11.4. The van der Waals surface area contributed by atoms with Crippen LogP contribution >= 0.6 is 0 Å². The van der Waals surface area contributed by atoms with Crippen LogP contribution in [-0.2, 0) is 4.79 Å². The number of ether oxygens (including phenoxy) is 3. The Labute approximate surface area is 163 Å². The lowest BCUT2D eigenvalue weighted by molar-refractivity contribution is -0.131. The molecule has 0 spiro atoms. The van der Waals surface area contributed by atoms with Crippen molar-refractivity contribution < 1.29 is 24.1 Å². The lowest BCUT2D eigenvalue weighted by Gasteiger charge is -2.21. The van der Waals surface area contributed by atoms with Gasteiger partial charge in [-0.3, -0.25) is 0 Å². The number of carboxylic acid groups (broad SMARTS) is 1. The zero-order valence-corrected chi connectivity index (χ0v) is 16.3. The van der Waals surface area contributed by atoms with E-state index in [-0.39, 0.29) is 0 Å². The van der Waals surface area contributed by atoms with E-state index in [4.69, 9.17) is 14.2 Å². The monoisotopic (exact) mass is 378 g/mol. The molecule has 0 fully saturated rings. The highest BCUT2D eigenvalue weighted by molar-refractivity contribution is 6.04. The molecule has 0 amide bonds. The first-order chi connectivity index (χ1) is 13.5. The van der Waals surface area contributed by atoms with Gasteiger partial charge in [0.1, 0.15) is 17.2 Å². The van der Waals surface area contributed by atoms with Gasteiger partial charge in [0.15, 0.2) is 0 Å². The largest absolute Gasteiger partial charge is 0.497 e. The van der Waals surface area contributed by atoms with Gasteiger partial charge >= 0.3 is 5.97 Å². The molecule has 0 aliphatic heterocycles. The van der Waals surface area contributed by atoms with Crippen molar-refractivity contribution in [1.29, 1.82) is 0 Å². The molecule has 0 bridgehead atoms. The Kier molecular flexibility index (Phi) is 5.54. The van der Waals surface area contributed by atoms with Crippen LogP contribution in [0.15, 0.2) is 54.6 Å². The second kappa shape index (κ2) is 8.05. The first-order valence-electron chi connectivity index (χ1n) is 8.74. The minimum atomic E-state index is -1.04. The third-order valence-electron chi connectivity index (χ3n) is 4.71. The number of benzene rings is 3. The molecule has 5 heteroatoms. The van der Waals surface area contributed by atoms with Crippen LogP contribution in [0.1, 0.15) is 16.7 Å². The van der Waals surface area contributed by atoms with E-state index in [0.29, 0.717) is 28.4 Å². The summed E-state index contributed by atoms with van der Waals surface area (Å²) in [6.45, 7) is 1.91. The molecule has 0 aromatic heterocycles. The van der Waals surface area contributed by atoms with Gasteiger partial charge in [-0.2, -0.15) is 0 Å². The first kappa shape index (κ1) is 19.3. The maximum atomic E-state index is 11.6. The number of fused-ring (bicyclic) bond motifs is 1. The maximum absolute atomic E-state index is 11.6. The smallest absolute Gasteiger partial charge is 0.328 e. The summed E-state index contributed by atoms with van der Waals surface area (Å²) in [5.74, 6) is 0.950. The second-order valence-corrected chi connectivity index (χ2v) is 6.24.